The number of aliphatic carboxylic acids is 1. The summed E-state index contributed by atoms with van der Waals surface area (Å²) in [5.74, 6) is -1.48. The zero-order valence-corrected chi connectivity index (χ0v) is 17.3. The van der Waals surface area contributed by atoms with Gasteiger partial charge in [0.2, 0.25) is 0 Å². The van der Waals surface area contributed by atoms with Crippen molar-refractivity contribution in [2.24, 2.45) is 5.41 Å². The average molecular weight is 376 g/mol. The predicted molar refractivity (Wildman–Crippen MR) is 103 cm³/mol. The largest absolute Gasteiger partial charge is 0.481 e. The molecule has 0 radical (unpaired) electrons. The lowest BCUT2D eigenvalue weighted by molar-refractivity contribution is -0.217. The highest BCUT2D eigenvalue weighted by Crippen LogP contribution is 2.52. The highest BCUT2D eigenvalue weighted by Gasteiger charge is 2.44. The van der Waals surface area contributed by atoms with Crippen LogP contribution in [0, 0.1) is 5.41 Å². The van der Waals surface area contributed by atoms with E-state index in [4.69, 9.17) is 14.2 Å². The van der Waals surface area contributed by atoms with Crippen LogP contribution < -0.4 is 0 Å². The van der Waals surface area contributed by atoms with Crippen LogP contribution in [-0.4, -0.2) is 25.3 Å². The third kappa shape index (κ3) is 3.53. The van der Waals surface area contributed by atoms with Crippen LogP contribution in [0.25, 0.3) is 0 Å². The maximum Gasteiger partial charge on any atom is 0.310 e. The summed E-state index contributed by atoms with van der Waals surface area (Å²) < 4.78 is 16.9. The number of ether oxygens (including phenoxy) is 3. The van der Waals surface area contributed by atoms with Crippen LogP contribution in [0.3, 0.4) is 0 Å². The molecule has 1 fully saturated rings. The minimum atomic E-state index is -0.834. The molecule has 1 N–H and O–H groups in total. The van der Waals surface area contributed by atoms with Gasteiger partial charge in [0.15, 0.2) is 12.6 Å². The normalized spacial score (nSPS) is 30.7. The topological polar surface area (TPSA) is 65.0 Å². The Morgan fingerprint density at radius 3 is 2.41 bits per heavy atom. The first kappa shape index (κ1) is 20.3. The SMILES string of the molecule is COC1O[C@@H](OC)c2c1ccc([C@@]1(C)CCCC(C)(C)C1)c2C(C)C(=O)O. The third-order valence-electron chi connectivity index (χ3n) is 6.39. The van der Waals surface area contributed by atoms with Gasteiger partial charge < -0.3 is 19.3 Å². The molecule has 5 nitrogen and oxygen atoms in total. The fraction of sp³-hybridized carbons (Fsp3) is 0.682. The van der Waals surface area contributed by atoms with E-state index >= 15 is 0 Å². The number of fused-ring (bicyclic) bond motifs is 1. The van der Waals surface area contributed by atoms with Gasteiger partial charge in [-0.15, -0.1) is 0 Å². The zero-order chi connectivity index (χ0) is 20.0. The summed E-state index contributed by atoms with van der Waals surface area (Å²) in [6, 6.07) is 4.13. The minimum absolute atomic E-state index is 0.0702. The van der Waals surface area contributed by atoms with E-state index in [2.05, 4.69) is 26.8 Å². The summed E-state index contributed by atoms with van der Waals surface area (Å²) in [4.78, 5) is 12.0. The third-order valence-corrected chi connectivity index (χ3v) is 6.39. The fourth-order valence-electron chi connectivity index (χ4n) is 5.27. The van der Waals surface area contributed by atoms with E-state index in [1.165, 1.54) is 6.42 Å². The number of carboxylic acids is 1. The second-order valence-corrected chi connectivity index (χ2v) is 9.12. The second kappa shape index (κ2) is 7.19. The van der Waals surface area contributed by atoms with Gasteiger partial charge in [-0.2, -0.15) is 0 Å². The Kier molecular flexibility index (Phi) is 5.41. The first-order valence-electron chi connectivity index (χ1n) is 9.74. The lowest BCUT2D eigenvalue weighted by atomic mass is 9.60. The molecule has 27 heavy (non-hydrogen) atoms. The monoisotopic (exact) mass is 376 g/mol. The summed E-state index contributed by atoms with van der Waals surface area (Å²) in [5, 5.41) is 9.85. The highest BCUT2D eigenvalue weighted by atomic mass is 16.8. The molecule has 1 aromatic carbocycles. The van der Waals surface area contributed by atoms with Crippen molar-refractivity contribution in [3.8, 4) is 0 Å². The van der Waals surface area contributed by atoms with Crippen molar-refractivity contribution in [1.29, 1.82) is 0 Å². The molecule has 0 amide bonds. The van der Waals surface area contributed by atoms with Crippen molar-refractivity contribution < 1.29 is 24.1 Å². The van der Waals surface area contributed by atoms with Crippen molar-refractivity contribution >= 4 is 5.97 Å². The van der Waals surface area contributed by atoms with E-state index in [-0.39, 0.29) is 10.8 Å². The number of rotatable bonds is 5. The van der Waals surface area contributed by atoms with Crippen molar-refractivity contribution in [1.82, 2.24) is 0 Å². The Bertz CT molecular complexity index is 726. The van der Waals surface area contributed by atoms with E-state index in [0.717, 1.165) is 41.5 Å². The van der Waals surface area contributed by atoms with Crippen molar-refractivity contribution in [3.05, 3.63) is 34.4 Å². The Balaban J connectivity index is 2.22. The smallest absolute Gasteiger partial charge is 0.310 e. The molecule has 2 unspecified atom stereocenters. The Hall–Kier alpha value is -1.43. The number of methoxy groups -OCH3 is 2. The van der Waals surface area contributed by atoms with Gasteiger partial charge in [0.25, 0.3) is 0 Å². The Morgan fingerprint density at radius 1 is 1.19 bits per heavy atom. The molecule has 4 atom stereocenters. The van der Waals surface area contributed by atoms with Gasteiger partial charge >= 0.3 is 5.97 Å². The lowest BCUT2D eigenvalue weighted by Crippen LogP contribution is -2.36. The van der Waals surface area contributed by atoms with Gasteiger partial charge in [0.05, 0.1) is 5.92 Å². The van der Waals surface area contributed by atoms with Gasteiger partial charge in [0, 0.05) is 25.3 Å². The number of carboxylic acid groups (broad SMARTS) is 1. The van der Waals surface area contributed by atoms with E-state index in [0.29, 0.717) is 0 Å². The number of carbonyl (C=O) groups is 1. The van der Waals surface area contributed by atoms with E-state index in [1.807, 2.05) is 6.07 Å². The maximum atomic E-state index is 12.0. The summed E-state index contributed by atoms with van der Waals surface area (Å²) in [5.41, 5.74) is 3.83. The Morgan fingerprint density at radius 2 is 1.85 bits per heavy atom. The van der Waals surface area contributed by atoms with Crippen LogP contribution in [0.4, 0.5) is 0 Å². The average Bonchev–Trinajstić information content (AvgIpc) is 2.97. The van der Waals surface area contributed by atoms with E-state index in [1.54, 1.807) is 21.1 Å². The molecule has 0 saturated heterocycles. The number of hydrogen-bond donors (Lipinski definition) is 1. The minimum Gasteiger partial charge on any atom is -0.481 e. The van der Waals surface area contributed by atoms with Gasteiger partial charge in [-0.1, -0.05) is 39.3 Å². The van der Waals surface area contributed by atoms with Crippen LogP contribution >= 0.6 is 0 Å². The molecular weight excluding hydrogens is 344 g/mol. The van der Waals surface area contributed by atoms with Crippen LogP contribution in [0.15, 0.2) is 12.1 Å². The molecule has 3 rings (SSSR count). The molecule has 0 spiro atoms. The first-order chi connectivity index (χ1) is 12.6. The molecular formula is C22H32O5. The molecule has 1 saturated carbocycles. The molecule has 1 aromatic rings. The molecule has 1 heterocycles. The van der Waals surface area contributed by atoms with Gasteiger partial charge in [0.1, 0.15) is 0 Å². The first-order valence-corrected chi connectivity index (χ1v) is 9.74. The van der Waals surface area contributed by atoms with Gasteiger partial charge in [-0.05, 0) is 48.1 Å². The predicted octanol–water partition coefficient (Wildman–Crippen LogP) is 5.05. The van der Waals surface area contributed by atoms with Crippen molar-refractivity contribution in [2.75, 3.05) is 14.2 Å². The van der Waals surface area contributed by atoms with Crippen LogP contribution in [0.2, 0.25) is 0 Å². The number of hydrogen-bond acceptors (Lipinski definition) is 4. The molecule has 1 aliphatic heterocycles. The van der Waals surface area contributed by atoms with Crippen LogP contribution in [-0.2, 0) is 24.4 Å². The fourth-order valence-corrected chi connectivity index (χ4v) is 5.27. The number of benzene rings is 1. The molecule has 150 valence electrons. The summed E-state index contributed by atoms with van der Waals surface area (Å²) in [6.45, 7) is 8.64. The maximum absolute atomic E-state index is 12.0. The molecule has 5 heteroatoms. The Labute approximate surface area is 162 Å². The van der Waals surface area contributed by atoms with Crippen molar-refractivity contribution in [3.63, 3.8) is 0 Å². The van der Waals surface area contributed by atoms with Crippen LogP contribution in [0.5, 0.6) is 0 Å². The summed E-state index contributed by atoms with van der Waals surface area (Å²) in [6.07, 6.45) is 3.29. The quantitative estimate of drug-likeness (QED) is 0.779. The summed E-state index contributed by atoms with van der Waals surface area (Å²) >= 11 is 0. The highest BCUT2D eigenvalue weighted by molar-refractivity contribution is 5.77. The standard InChI is InChI=1S/C22H32O5/c1-13(18(23)24)16-15(22(4)11-7-10-21(2,3)12-22)9-8-14-17(16)20(26-6)27-19(14)25-5/h8-9,13,19-20H,7,10-12H2,1-6H3,(H,23,24)/t13?,19?,20-,22+/m1/s1. The summed E-state index contributed by atoms with van der Waals surface area (Å²) in [7, 11) is 3.17. The van der Waals surface area contributed by atoms with Gasteiger partial charge in [-0.25, -0.2) is 0 Å². The molecule has 1 aliphatic carbocycles. The van der Waals surface area contributed by atoms with E-state index in [9.17, 15) is 9.90 Å². The van der Waals surface area contributed by atoms with Gasteiger partial charge in [-0.3, -0.25) is 4.79 Å². The van der Waals surface area contributed by atoms with Crippen LogP contribution in [0.1, 0.15) is 94.1 Å². The van der Waals surface area contributed by atoms with Crippen molar-refractivity contribution in [2.45, 2.75) is 77.3 Å². The molecule has 0 aromatic heterocycles. The second-order valence-electron chi connectivity index (χ2n) is 9.12. The molecule has 2 aliphatic rings. The van der Waals surface area contributed by atoms with E-state index < -0.39 is 24.5 Å². The molecule has 0 bridgehead atoms. The lowest BCUT2D eigenvalue weighted by Gasteiger charge is -2.44. The zero-order valence-electron chi connectivity index (χ0n) is 17.3.